The molecule has 2 heterocycles. The van der Waals surface area contributed by atoms with Crippen LogP contribution in [0.2, 0.25) is 0 Å². The number of hydrogen-bond acceptors (Lipinski definition) is 4. The van der Waals surface area contributed by atoms with Crippen LogP contribution in [0.1, 0.15) is 31.2 Å². The van der Waals surface area contributed by atoms with Gasteiger partial charge < -0.3 is 5.32 Å². The van der Waals surface area contributed by atoms with Crippen LogP contribution in [0.5, 0.6) is 0 Å². The van der Waals surface area contributed by atoms with Gasteiger partial charge in [-0.2, -0.15) is 0 Å². The molecule has 2 saturated heterocycles. The lowest BCUT2D eigenvalue weighted by atomic mass is 9.99. The lowest BCUT2D eigenvalue weighted by Gasteiger charge is -2.25. The summed E-state index contributed by atoms with van der Waals surface area (Å²) in [4.78, 5) is 14.6. The van der Waals surface area contributed by atoms with Gasteiger partial charge in [-0.3, -0.25) is 9.69 Å². The smallest absolute Gasteiger partial charge is 0.237 e. The van der Waals surface area contributed by atoms with Crippen molar-refractivity contribution in [3.8, 4) is 0 Å². The molecule has 23 heavy (non-hydrogen) atoms. The van der Waals surface area contributed by atoms with Gasteiger partial charge in [0.2, 0.25) is 5.91 Å². The largest absolute Gasteiger partial charge is 0.351 e. The van der Waals surface area contributed by atoms with E-state index >= 15 is 0 Å². The minimum atomic E-state index is -2.96. The number of amides is 1. The van der Waals surface area contributed by atoms with E-state index in [0.717, 1.165) is 19.5 Å². The first-order valence-electron chi connectivity index (χ1n) is 8.24. The highest BCUT2D eigenvalue weighted by atomic mass is 32.2. The van der Waals surface area contributed by atoms with Crippen LogP contribution < -0.4 is 5.32 Å². The molecular formula is C17H24N2O3S. The Balaban J connectivity index is 1.54. The number of carbonyl (C=O) groups is 1. The highest BCUT2D eigenvalue weighted by molar-refractivity contribution is 7.91. The fourth-order valence-corrected chi connectivity index (χ4v) is 5.21. The molecule has 5 nitrogen and oxygen atoms in total. The van der Waals surface area contributed by atoms with Gasteiger partial charge in [0.25, 0.3) is 0 Å². The van der Waals surface area contributed by atoms with Crippen molar-refractivity contribution in [3.05, 3.63) is 35.9 Å². The summed E-state index contributed by atoms with van der Waals surface area (Å²) in [6.07, 6.45) is 1.59. The number of rotatable bonds is 4. The highest BCUT2D eigenvalue weighted by Crippen LogP contribution is 2.28. The molecule has 2 aliphatic rings. The quantitative estimate of drug-likeness (QED) is 0.896. The number of sulfone groups is 1. The molecule has 0 spiro atoms. The summed E-state index contributed by atoms with van der Waals surface area (Å²) in [6, 6.07) is 9.96. The Morgan fingerprint density at radius 2 is 2.00 bits per heavy atom. The van der Waals surface area contributed by atoms with Crippen LogP contribution in [-0.2, 0) is 14.6 Å². The lowest BCUT2D eigenvalue weighted by Crippen LogP contribution is -2.47. The average molecular weight is 336 g/mol. The lowest BCUT2D eigenvalue weighted by molar-refractivity contribution is -0.126. The molecule has 3 rings (SSSR count). The number of benzene rings is 1. The van der Waals surface area contributed by atoms with E-state index in [1.54, 1.807) is 0 Å². The van der Waals surface area contributed by atoms with Crippen LogP contribution in [0.15, 0.2) is 30.3 Å². The zero-order valence-corrected chi connectivity index (χ0v) is 14.3. The van der Waals surface area contributed by atoms with Crippen LogP contribution >= 0.6 is 0 Å². The molecule has 3 atom stereocenters. The van der Waals surface area contributed by atoms with Gasteiger partial charge in [0.1, 0.15) is 0 Å². The predicted molar refractivity (Wildman–Crippen MR) is 90.0 cm³/mol. The van der Waals surface area contributed by atoms with E-state index in [1.165, 1.54) is 5.56 Å². The minimum absolute atomic E-state index is 0.0548. The standard InChI is InChI=1S/C17H24N2O3S/c1-13(17(20)18-16-8-10-23(21,22)12-16)19-9-7-15(11-19)14-5-3-2-4-6-14/h2-6,13,15-16H,7-12H2,1H3,(H,18,20). The molecule has 0 aliphatic carbocycles. The van der Waals surface area contributed by atoms with Crippen molar-refractivity contribution in [3.63, 3.8) is 0 Å². The van der Waals surface area contributed by atoms with E-state index in [9.17, 15) is 13.2 Å². The van der Waals surface area contributed by atoms with E-state index in [1.807, 2.05) is 13.0 Å². The third-order valence-electron chi connectivity index (χ3n) is 5.00. The third-order valence-corrected chi connectivity index (χ3v) is 6.76. The van der Waals surface area contributed by atoms with Crippen molar-refractivity contribution < 1.29 is 13.2 Å². The van der Waals surface area contributed by atoms with Crippen molar-refractivity contribution in [2.45, 2.75) is 37.8 Å². The third kappa shape index (κ3) is 3.93. The van der Waals surface area contributed by atoms with E-state index < -0.39 is 9.84 Å². The summed E-state index contributed by atoms with van der Waals surface area (Å²) in [7, 11) is -2.96. The summed E-state index contributed by atoms with van der Waals surface area (Å²) in [5.74, 6) is 0.684. The van der Waals surface area contributed by atoms with E-state index in [0.29, 0.717) is 12.3 Å². The molecule has 1 aromatic carbocycles. The number of likely N-dealkylation sites (tertiary alicyclic amines) is 1. The molecule has 0 aromatic heterocycles. The Morgan fingerprint density at radius 1 is 1.26 bits per heavy atom. The Bertz CT molecular complexity index is 660. The number of nitrogens with one attached hydrogen (secondary N) is 1. The molecule has 0 saturated carbocycles. The molecule has 0 radical (unpaired) electrons. The Morgan fingerprint density at radius 3 is 2.65 bits per heavy atom. The molecule has 1 aromatic rings. The topological polar surface area (TPSA) is 66.5 Å². The molecule has 3 unspecified atom stereocenters. The second kappa shape index (κ2) is 6.61. The molecule has 0 bridgehead atoms. The summed E-state index contributed by atoms with van der Waals surface area (Å²) < 4.78 is 23.0. The zero-order chi connectivity index (χ0) is 16.4. The van der Waals surface area contributed by atoms with Gasteiger partial charge in [-0.15, -0.1) is 0 Å². The maximum atomic E-state index is 12.4. The number of nitrogens with zero attached hydrogens (tertiary/aromatic N) is 1. The van der Waals surface area contributed by atoms with Crippen LogP contribution in [-0.4, -0.2) is 55.9 Å². The summed E-state index contributed by atoms with van der Waals surface area (Å²) in [6.45, 7) is 3.69. The monoisotopic (exact) mass is 336 g/mol. The van der Waals surface area contributed by atoms with E-state index in [4.69, 9.17) is 0 Å². The first kappa shape index (κ1) is 16.5. The molecule has 2 aliphatic heterocycles. The van der Waals surface area contributed by atoms with Gasteiger partial charge >= 0.3 is 0 Å². The van der Waals surface area contributed by atoms with Crippen molar-refractivity contribution in [2.24, 2.45) is 0 Å². The molecule has 126 valence electrons. The molecule has 1 N–H and O–H groups in total. The fourth-order valence-electron chi connectivity index (χ4n) is 3.53. The Labute approximate surface area is 138 Å². The van der Waals surface area contributed by atoms with Crippen molar-refractivity contribution in [1.82, 2.24) is 10.2 Å². The molecular weight excluding hydrogens is 312 g/mol. The van der Waals surface area contributed by atoms with Crippen LogP contribution in [0.3, 0.4) is 0 Å². The van der Waals surface area contributed by atoms with Gasteiger partial charge in [-0.1, -0.05) is 30.3 Å². The van der Waals surface area contributed by atoms with E-state index in [2.05, 4.69) is 34.5 Å². The fraction of sp³-hybridized carbons (Fsp3) is 0.588. The van der Waals surface area contributed by atoms with E-state index in [-0.39, 0.29) is 29.5 Å². The first-order chi connectivity index (χ1) is 10.9. The Hall–Kier alpha value is -1.40. The van der Waals surface area contributed by atoms with Gasteiger partial charge in [0.05, 0.1) is 17.5 Å². The molecule has 1 amide bonds. The Kier molecular flexibility index (Phi) is 4.73. The summed E-state index contributed by atoms with van der Waals surface area (Å²) in [5, 5.41) is 2.91. The van der Waals surface area contributed by atoms with Crippen molar-refractivity contribution in [1.29, 1.82) is 0 Å². The van der Waals surface area contributed by atoms with Crippen LogP contribution in [0, 0.1) is 0 Å². The van der Waals surface area contributed by atoms with Crippen LogP contribution in [0.4, 0.5) is 0 Å². The second-order valence-corrected chi connectivity index (χ2v) is 8.90. The molecule has 2 fully saturated rings. The maximum absolute atomic E-state index is 12.4. The summed E-state index contributed by atoms with van der Waals surface area (Å²) >= 11 is 0. The van der Waals surface area contributed by atoms with Crippen LogP contribution in [0.25, 0.3) is 0 Å². The zero-order valence-electron chi connectivity index (χ0n) is 13.4. The van der Waals surface area contributed by atoms with Gasteiger partial charge in [-0.25, -0.2) is 8.42 Å². The maximum Gasteiger partial charge on any atom is 0.237 e. The average Bonchev–Trinajstić information content (AvgIpc) is 3.14. The van der Waals surface area contributed by atoms with Gasteiger partial charge in [0, 0.05) is 12.6 Å². The predicted octanol–water partition coefficient (Wildman–Crippen LogP) is 1.17. The van der Waals surface area contributed by atoms with Crippen molar-refractivity contribution in [2.75, 3.05) is 24.6 Å². The summed E-state index contributed by atoms with van der Waals surface area (Å²) in [5.41, 5.74) is 1.32. The first-order valence-corrected chi connectivity index (χ1v) is 10.1. The SMILES string of the molecule is CC(C(=O)NC1CCS(=O)(=O)C1)N1CCC(c2ccccc2)C1. The van der Waals surface area contributed by atoms with Crippen molar-refractivity contribution >= 4 is 15.7 Å². The second-order valence-electron chi connectivity index (χ2n) is 6.68. The van der Waals surface area contributed by atoms with Gasteiger partial charge in [0.15, 0.2) is 9.84 Å². The van der Waals surface area contributed by atoms with Gasteiger partial charge in [-0.05, 0) is 37.8 Å². The minimum Gasteiger partial charge on any atom is -0.351 e. The number of carbonyl (C=O) groups excluding carboxylic acids is 1. The number of hydrogen-bond donors (Lipinski definition) is 1. The normalized spacial score (nSPS) is 28.6. The highest BCUT2D eigenvalue weighted by Gasteiger charge is 2.33. The molecule has 6 heteroatoms.